The van der Waals surface area contributed by atoms with Crippen molar-refractivity contribution in [2.24, 2.45) is 11.7 Å². The van der Waals surface area contributed by atoms with E-state index in [9.17, 15) is 0 Å². The van der Waals surface area contributed by atoms with Crippen molar-refractivity contribution in [3.8, 4) is 5.88 Å². The number of nitrogens with zero attached hydrogens (tertiary/aromatic N) is 2. The maximum Gasteiger partial charge on any atom is 0.237 e. The second kappa shape index (κ2) is 5.00. The first-order chi connectivity index (χ1) is 8.19. The lowest BCUT2D eigenvalue weighted by molar-refractivity contribution is 0.209. The van der Waals surface area contributed by atoms with Crippen molar-refractivity contribution in [1.82, 2.24) is 9.97 Å². The Balaban J connectivity index is 2.30. The van der Waals surface area contributed by atoms with Crippen molar-refractivity contribution in [2.45, 2.75) is 44.6 Å². The quantitative estimate of drug-likeness (QED) is 0.872. The molecule has 2 unspecified atom stereocenters. The highest BCUT2D eigenvalue weighted by molar-refractivity contribution is 5.26. The second-order valence-corrected chi connectivity index (χ2v) is 4.94. The fraction of sp³-hybridized carbons (Fsp3) is 0.692. The number of hydrogen-bond donors (Lipinski definition) is 1. The van der Waals surface area contributed by atoms with Crippen molar-refractivity contribution in [2.75, 3.05) is 7.11 Å². The van der Waals surface area contributed by atoms with E-state index in [0.29, 0.717) is 11.8 Å². The molecule has 94 valence electrons. The van der Waals surface area contributed by atoms with Crippen LogP contribution in [-0.2, 0) is 5.54 Å². The summed E-state index contributed by atoms with van der Waals surface area (Å²) in [4.78, 5) is 8.60. The van der Waals surface area contributed by atoms with Gasteiger partial charge in [0.05, 0.1) is 12.6 Å². The minimum absolute atomic E-state index is 0.363. The van der Waals surface area contributed by atoms with Gasteiger partial charge in [0.15, 0.2) is 0 Å². The number of hydrogen-bond acceptors (Lipinski definition) is 4. The molecule has 0 aromatic carbocycles. The molecule has 0 bridgehead atoms. The molecule has 0 spiro atoms. The largest absolute Gasteiger partial charge is 0.480 e. The van der Waals surface area contributed by atoms with E-state index in [1.54, 1.807) is 19.5 Å². The van der Waals surface area contributed by atoms with Crippen LogP contribution < -0.4 is 10.5 Å². The Bertz CT molecular complexity index is 383. The topological polar surface area (TPSA) is 61.0 Å². The SMILES string of the molecule is CCC1CCCC(N)(c2nccnc2OC)C1. The van der Waals surface area contributed by atoms with Crippen LogP contribution in [-0.4, -0.2) is 17.1 Å². The number of rotatable bonds is 3. The van der Waals surface area contributed by atoms with E-state index in [-0.39, 0.29) is 5.54 Å². The maximum atomic E-state index is 6.54. The van der Waals surface area contributed by atoms with Crippen LogP contribution in [0, 0.1) is 5.92 Å². The minimum Gasteiger partial charge on any atom is -0.480 e. The lowest BCUT2D eigenvalue weighted by Crippen LogP contribution is -2.42. The fourth-order valence-electron chi connectivity index (χ4n) is 2.81. The molecular formula is C13H21N3O. The summed E-state index contributed by atoms with van der Waals surface area (Å²) in [6, 6.07) is 0. The molecule has 0 aliphatic heterocycles. The monoisotopic (exact) mass is 235 g/mol. The average molecular weight is 235 g/mol. The van der Waals surface area contributed by atoms with Crippen LogP contribution in [0.3, 0.4) is 0 Å². The summed E-state index contributed by atoms with van der Waals surface area (Å²) in [5, 5.41) is 0. The Morgan fingerprint density at radius 1 is 1.47 bits per heavy atom. The van der Waals surface area contributed by atoms with Crippen LogP contribution in [0.25, 0.3) is 0 Å². The van der Waals surface area contributed by atoms with Gasteiger partial charge in [-0.25, -0.2) is 4.98 Å². The van der Waals surface area contributed by atoms with Crippen LogP contribution in [0.15, 0.2) is 12.4 Å². The van der Waals surface area contributed by atoms with Gasteiger partial charge in [-0.15, -0.1) is 0 Å². The molecule has 0 radical (unpaired) electrons. The molecule has 1 aromatic rings. The predicted octanol–water partition coefficient (Wildman–Crippen LogP) is 2.24. The molecule has 1 aliphatic rings. The summed E-state index contributed by atoms with van der Waals surface area (Å²) < 4.78 is 5.28. The number of ether oxygens (including phenoxy) is 1. The van der Waals surface area contributed by atoms with Gasteiger partial charge in [0.2, 0.25) is 5.88 Å². The fourth-order valence-corrected chi connectivity index (χ4v) is 2.81. The molecule has 0 amide bonds. The third-order valence-corrected chi connectivity index (χ3v) is 3.80. The van der Waals surface area contributed by atoms with E-state index < -0.39 is 0 Å². The molecule has 1 saturated carbocycles. The first kappa shape index (κ1) is 12.3. The highest BCUT2D eigenvalue weighted by atomic mass is 16.5. The second-order valence-electron chi connectivity index (χ2n) is 4.94. The summed E-state index contributed by atoms with van der Waals surface area (Å²) in [5.41, 5.74) is 7.00. The molecule has 0 saturated heterocycles. The van der Waals surface area contributed by atoms with E-state index in [2.05, 4.69) is 16.9 Å². The molecule has 4 heteroatoms. The highest BCUT2D eigenvalue weighted by Crippen LogP contribution is 2.40. The highest BCUT2D eigenvalue weighted by Gasteiger charge is 2.37. The molecule has 1 heterocycles. The Labute approximate surface area is 103 Å². The predicted molar refractivity (Wildman–Crippen MR) is 66.7 cm³/mol. The van der Waals surface area contributed by atoms with Gasteiger partial charge < -0.3 is 10.5 Å². The van der Waals surface area contributed by atoms with Crippen LogP contribution in [0.2, 0.25) is 0 Å². The van der Waals surface area contributed by atoms with E-state index in [1.807, 2.05) is 0 Å². The number of aromatic nitrogens is 2. The zero-order valence-electron chi connectivity index (χ0n) is 10.6. The summed E-state index contributed by atoms with van der Waals surface area (Å²) in [7, 11) is 1.62. The smallest absolute Gasteiger partial charge is 0.237 e. The van der Waals surface area contributed by atoms with Crippen LogP contribution in [0.5, 0.6) is 5.88 Å². The lowest BCUT2D eigenvalue weighted by Gasteiger charge is -2.37. The van der Waals surface area contributed by atoms with Gasteiger partial charge in [-0.3, -0.25) is 4.98 Å². The molecule has 4 nitrogen and oxygen atoms in total. The summed E-state index contributed by atoms with van der Waals surface area (Å²) in [6.07, 6.45) is 8.92. The van der Waals surface area contributed by atoms with Crippen molar-refractivity contribution in [3.05, 3.63) is 18.1 Å². The van der Waals surface area contributed by atoms with E-state index >= 15 is 0 Å². The van der Waals surface area contributed by atoms with Crippen LogP contribution in [0.1, 0.15) is 44.7 Å². The standard InChI is InChI=1S/C13H21N3O/c1-3-10-5-4-6-13(14,9-10)11-12(17-2)16-8-7-15-11/h7-8,10H,3-6,9,14H2,1-2H3. The minimum atomic E-state index is -0.363. The van der Waals surface area contributed by atoms with Gasteiger partial charge in [0.1, 0.15) is 5.69 Å². The van der Waals surface area contributed by atoms with E-state index in [4.69, 9.17) is 10.5 Å². The van der Waals surface area contributed by atoms with Crippen molar-refractivity contribution < 1.29 is 4.74 Å². The maximum absolute atomic E-state index is 6.54. The van der Waals surface area contributed by atoms with Gasteiger partial charge in [-0.1, -0.05) is 26.2 Å². The van der Waals surface area contributed by atoms with Crippen LogP contribution >= 0.6 is 0 Å². The normalized spacial score (nSPS) is 29.0. The Kier molecular flexibility index (Phi) is 3.62. The number of nitrogens with two attached hydrogens (primary N) is 1. The van der Waals surface area contributed by atoms with Gasteiger partial charge in [0, 0.05) is 12.4 Å². The molecular weight excluding hydrogens is 214 g/mol. The average Bonchev–Trinajstić information content (AvgIpc) is 2.38. The first-order valence-electron chi connectivity index (χ1n) is 6.34. The molecule has 2 N–H and O–H groups in total. The first-order valence-corrected chi connectivity index (χ1v) is 6.34. The van der Waals surface area contributed by atoms with E-state index in [1.165, 1.54) is 12.8 Å². The van der Waals surface area contributed by atoms with Gasteiger partial charge >= 0.3 is 0 Å². The Hall–Kier alpha value is -1.16. The molecule has 1 aliphatic carbocycles. The molecule has 17 heavy (non-hydrogen) atoms. The summed E-state index contributed by atoms with van der Waals surface area (Å²) in [6.45, 7) is 2.23. The van der Waals surface area contributed by atoms with Crippen LogP contribution in [0.4, 0.5) is 0 Å². The Morgan fingerprint density at radius 2 is 2.24 bits per heavy atom. The molecule has 1 fully saturated rings. The lowest BCUT2D eigenvalue weighted by atomic mass is 9.73. The van der Waals surface area contributed by atoms with Crippen molar-refractivity contribution in [3.63, 3.8) is 0 Å². The van der Waals surface area contributed by atoms with Crippen molar-refractivity contribution in [1.29, 1.82) is 0 Å². The van der Waals surface area contributed by atoms with Gasteiger partial charge in [-0.2, -0.15) is 0 Å². The molecule has 1 aromatic heterocycles. The summed E-state index contributed by atoms with van der Waals surface area (Å²) in [5.74, 6) is 1.27. The van der Waals surface area contributed by atoms with Crippen molar-refractivity contribution >= 4 is 0 Å². The summed E-state index contributed by atoms with van der Waals surface area (Å²) >= 11 is 0. The Morgan fingerprint density at radius 3 is 2.94 bits per heavy atom. The zero-order valence-corrected chi connectivity index (χ0v) is 10.6. The van der Waals surface area contributed by atoms with Gasteiger partial charge in [0.25, 0.3) is 0 Å². The third-order valence-electron chi connectivity index (χ3n) is 3.80. The third kappa shape index (κ3) is 2.41. The zero-order chi connectivity index (χ0) is 12.3. The number of methoxy groups -OCH3 is 1. The molecule has 2 atom stereocenters. The van der Waals surface area contributed by atoms with Gasteiger partial charge in [-0.05, 0) is 18.8 Å². The molecule has 2 rings (SSSR count). The van der Waals surface area contributed by atoms with E-state index in [0.717, 1.165) is 25.0 Å².